The highest BCUT2D eigenvalue weighted by Gasteiger charge is 2.05. The number of nitrogens with zero attached hydrogens (tertiary/aromatic N) is 1. The summed E-state index contributed by atoms with van der Waals surface area (Å²) in [6, 6.07) is 14.0. The molecule has 3 rings (SSSR count). The molecule has 0 aliphatic carbocycles. The minimum absolute atomic E-state index is 0.108. The maximum atomic E-state index is 12.8. The number of benzene rings is 2. The highest BCUT2D eigenvalue weighted by atomic mass is 19.1. The van der Waals surface area contributed by atoms with Gasteiger partial charge in [-0.1, -0.05) is 24.3 Å². The molecule has 0 fully saturated rings. The number of hydrogen-bond donors (Lipinski definition) is 1. The third-order valence-corrected chi connectivity index (χ3v) is 3.22. The molecule has 4 heteroatoms. The van der Waals surface area contributed by atoms with E-state index in [0.29, 0.717) is 13.0 Å². The summed E-state index contributed by atoms with van der Waals surface area (Å²) in [7, 11) is 0. The van der Waals surface area contributed by atoms with Gasteiger partial charge in [-0.05, 0) is 36.2 Å². The van der Waals surface area contributed by atoms with E-state index in [1.807, 2.05) is 24.3 Å². The van der Waals surface area contributed by atoms with Crippen molar-refractivity contribution in [2.24, 2.45) is 0 Å². The van der Waals surface area contributed by atoms with Crippen molar-refractivity contribution in [1.82, 2.24) is 9.55 Å². The Labute approximate surface area is 109 Å². The fourth-order valence-electron chi connectivity index (χ4n) is 2.22. The van der Waals surface area contributed by atoms with Crippen LogP contribution in [0.25, 0.3) is 11.0 Å². The molecule has 2 aromatic carbocycles. The van der Waals surface area contributed by atoms with Gasteiger partial charge in [0, 0.05) is 6.54 Å². The number of rotatable bonds is 3. The van der Waals surface area contributed by atoms with Crippen LogP contribution >= 0.6 is 0 Å². The van der Waals surface area contributed by atoms with E-state index in [1.54, 1.807) is 16.7 Å². The van der Waals surface area contributed by atoms with Gasteiger partial charge in [-0.3, -0.25) is 4.57 Å². The Morgan fingerprint density at radius 3 is 2.58 bits per heavy atom. The molecule has 3 aromatic rings. The van der Waals surface area contributed by atoms with Crippen LogP contribution in [0.1, 0.15) is 5.56 Å². The molecule has 0 spiro atoms. The maximum absolute atomic E-state index is 12.8. The largest absolute Gasteiger partial charge is 0.326 e. The number of aromatic amines is 1. The standard InChI is InChI=1S/C15H13FN2O/c16-12-7-5-11(6-8-12)9-10-18-14-4-2-1-3-13(14)17-15(18)19/h1-8H,9-10H2,(H,17,19). The summed E-state index contributed by atoms with van der Waals surface area (Å²) < 4.78 is 14.5. The second-order valence-corrected chi connectivity index (χ2v) is 4.48. The van der Waals surface area contributed by atoms with Crippen LogP contribution in [0.2, 0.25) is 0 Å². The monoisotopic (exact) mass is 256 g/mol. The van der Waals surface area contributed by atoms with Crippen molar-refractivity contribution in [3.8, 4) is 0 Å². The first-order chi connectivity index (χ1) is 9.24. The molecule has 0 saturated carbocycles. The SMILES string of the molecule is O=c1[nH]c2ccccc2n1CCc1ccc(F)cc1. The first kappa shape index (κ1) is 11.7. The summed E-state index contributed by atoms with van der Waals surface area (Å²) in [6.07, 6.45) is 0.696. The number of aromatic nitrogens is 2. The number of aryl methyl sites for hydroxylation is 2. The van der Waals surface area contributed by atoms with Crippen molar-refractivity contribution >= 4 is 11.0 Å². The molecule has 0 bridgehead atoms. The molecule has 0 saturated heterocycles. The Morgan fingerprint density at radius 2 is 1.79 bits per heavy atom. The average Bonchev–Trinajstić information content (AvgIpc) is 2.74. The summed E-state index contributed by atoms with van der Waals surface area (Å²) in [5.41, 5.74) is 2.64. The van der Waals surface area contributed by atoms with Crippen LogP contribution in [0.3, 0.4) is 0 Å². The molecule has 0 amide bonds. The smallest absolute Gasteiger partial charge is 0.306 e. The van der Waals surface area contributed by atoms with Crippen LogP contribution in [0.4, 0.5) is 4.39 Å². The van der Waals surface area contributed by atoms with Crippen molar-refractivity contribution in [3.63, 3.8) is 0 Å². The summed E-state index contributed by atoms with van der Waals surface area (Å²) in [5.74, 6) is -0.243. The van der Waals surface area contributed by atoms with Gasteiger partial charge in [0.1, 0.15) is 5.82 Å². The molecular weight excluding hydrogens is 243 g/mol. The number of fused-ring (bicyclic) bond motifs is 1. The van der Waals surface area contributed by atoms with Crippen molar-refractivity contribution in [2.45, 2.75) is 13.0 Å². The predicted molar refractivity (Wildman–Crippen MR) is 72.7 cm³/mol. The zero-order chi connectivity index (χ0) is 13.2. The Bertz CT molecular complexity index is 756. The summed E-state index contributed by atoms with van der Waals surface area (Å²) in [5, 5.41) is 0. The van der Waals surface area contributed by atoms with Crippen LogP contribution in [0, 0.1) is 5.82 Å². The van der Waals surface area contributed by atoms with Gasteiger partial charge >= 0.3 is 5.69 Å². The van der Waals surface area contributed by atoms with Gasteiger partial charge in [-0.25, -0.2) is 9.18 Å². The summed E-state index contributed by atoms with van der Waals surface area (Å²) >= 11 is 0. The lowest BCUT2D eigenvalue weighted by molar-refractivity contribution is 0.625. The van der Waals surface area contributed by atoms with E-state index in [9.17, 15) is 9.18 Å². The van der Waals surface area contributed by atoms with Crippen molar-refractivity contribution < 1.29 is 4.39 Å². The highest BCUT2D eigenvalue weighted by Crippen LogP contribution is 2.10. The Hall–Kier alpha value is -2.36. The highest BCUT2D eigenvalue weighted by molar-refractivity contribution is 5.74. The van der Waals surface area contributed by atoms with E-state index in [-0.39, 0.29) is 11.5 Å². The normalized spacial score (nSPS) is 11.0. The maximum Gasteiger partial charge on any atom is 0.326 e. The van der Waals surface area contributed by atoms with Crippen LogP contribution in [0.5, 0.6) is 0 Å². The second kappa shape index (κ2) is 4.72. The second-order valence-electron chi connectivity index (χ2n) is 4.48. The molecule has 3 nitrogen and oxygen atoms in total. The average molecular weight is 256 g/mol. The summed E-state index contributed by atoms with van der Waals surface area (Å²) in [6.45, 7) is 0.578. The number of hydrogen-bond acceptors (Lipinski definition) is 1. The van der Waals surface area contributed by atoms with Gasteiger partial charge in [-0.2, -0.15) is 0 Å². The molecule has 1 heterocycles. The van der Waals surface area contributed by atoms with E-state index < -0.39 is 0 Å². The fourth-order valence-corrected chi connectivity index (χ4v) is 2.22. The van der Waals surface area contributed by atoms with Gasteiger partial charge in [0.05, 0.1) is 11.0 Å². The van der Waals surface area contributed by atoms with E-state index >= 15 is 0 Å². The number of nitrogens with one attached hydrogen (secondary N) is 1. The zero-order valence-electron chi connectivity index (χ0n) is 10.3. The quantitative estimate of drug-likeness (QED) is 0.768. The van der Waals surface area contributed by atoms with E-state index in [1.165, 1.54) is 12.1 Å². The van der Waals surface area contributed by atoms with Gasteiger partial charge in [0.15, 0.2) is 0 Å². The molecule has 0 aliphatic heterocycles. The zero-order valence-corrected chi connectivity index (χ0v) is 10.3. The van der Waals surface area contributed by atoms with Crippen LogP contribution in [-0.2, 0) is 13.0 Å². The molecule has 0 atom stereocenters. The Balaban J connectivity index is 1.87. The van der Waals surface area contributed by atoms with Gasteiger partial charge in [0.25, 0.3) is 0 Å². The first-order valence-corrected chi connectivity index (χ1v) is 6.16. The van der Waals surface area contributed by atoms with Crippen LogP contribution < -0.4 is 5.69 Å². The van der Waals surface area contributed by atoms with E-state index in [2.05, 4.69) is 4.98 Å². The summed E-state index contributed by atoms with van der Waals surface area (Å²) in [4.78, 5) is 14.7. The van der Waals surface area contributed by atoms with E-state index in [4.69, 9.17) is 0 Å². The lowest BCUT2D eigenvalue weighted by atomic mass is 10.1. The fraction of sp³-hybridized carbons (Fsp3) is 0.133. The Morgan fingerprint density at radius 1 is 1.05 bits per heavy atom. The minimum Gasteiger partial charge on any atom is -0.306 e. The number of para-hydroxylation sites is 2. The molecule has 19 heavy (non-hydrogen) atoms. The topological polar surface area (TPSA) is 37.8 Å². The van der Waals surface area contributed by atoms with Crippen LogP contribution in [-0.4, -0.2) is 9.55 Å². The van der Waals surface area contributed by atoms with Crippen LogP contribution in [0.15, 0.2) is 53.3 Å². The lowest BCUT2D eigenvalue weighted by Crippen LogP contribution is -2.17. The molecule has 0 unspecified atom stereocenters. The molecular formula is C15H13FN2O. The third kappa shape index (κ3) is 2.29. The van der Waals surface area contributed by atoms with Crippen molar-refractivity contribution in [1.29, 1.82) is 0 Å². The molecule has 1 aromatic heterocycles. The minimum atomic E-state index is -0.243. The van der Waals surface area contributed by atoms with Crippen molar-refractivity contribution in [3.05, 3.63) is 70.4 Å². The van der Waals surface area contributed by atoms with Crippen molar-refractivity contribution in [2.75, 3.05) is 0 Å². The van der Waals surface area contributed by atoms with E-state index in [0.717, 1.165) is 16.6 Å². The molecule has 0 aliphatic rings. The number of H-pyrrole nitrogens is 1. The Kier molecular flexibility index (Phi) is 2.91. The van der Waals surface area contributed by atoms with Gasteiger partial charge in [-0.15, -0.1) is 0 Å². The molecule has 0 radical (unpaired) electrons. The molecule has 96 valence electrons. The lowest BCUT2D eigenvalue weighted by Gasteiger charge is -2.03. The number of imidazole rings is 1. The molecule has 1 N–H and O–H groups in total. The third-order valence-electron chi connectivity index (χ3n) is 3.22. The number of halogens is 1. The van der Waals surface area contributed by atoms with Gasteiger partial charge in [0.2, 0.25) is 0 Å². The van der Waals surface area contributed by atoms with Gasteiger partial charge < -0.3 is 4.98 Å². The predicted octanol–water partition coefficient (Wildman–Crippen LogP) is 2.71. The first-order valence-electron chi connectivity index (χ1n) is 6.16.